The molecular weight excluding hydrogens is 356 g/mol. The van der Waals surface area contributed by atoms with E-state index in [0.717, 1.165) is 17.7 Å². The van der Waals surface area contributed by atoms with Gasteiger partial charge in [-0.05, 0) is 40.2 Å². The molecule has 0 saturated heterocycles. The summed E-state index contributed by atoms with van der Waals surface area (Å²) in [5.41, 5.74) is 1.80. The first-order chi connectivity index (χ1) is 10.0. The van der Waals surface area contributed by atoms with Crippen molar-refractivity contribution in [1.29, 1.82) is 0 Å². The Morgan fingerprint density at radius 1 is 1.29 bits per heavy atom. The van der Waals surface area contributed by atoms with Crippen molar-refractivity contribution < 1.29 is 8.42 Å². The van der Waals surface area contributed by atoms with Crippen LogP contribution in [0.4, 0.5) is 0 Å². The minimum absolute atomic E-state index is 0.199. The fourth-order valence-electron chi connectivity index (χ4n) is 1.77. The van der Waals surface area contributed by atoms with Gasteiger partial charge in [0.05, 0.1) is 11.1 Å². The molecule has 0 saturated carbocycles. The van der Waals surface area contributed by atoms with Gasteiger partial charge in [-0.1, -0.05) is 13.0 Å². The van der Waals surface area contributed by atoms with Gasteiger partial charge >= 0.3 is 0 Å². The van der Waals surface area contributed by atoms with Gasteiger partial charge in [-0.15, -0.1) is 0 Å². The molecule has 3 N–H and O–H groups in total. The van der Waals surface area contributed by atoms with E-state index < -0.39 is 10.0 Å². The van der Waals surface area contributed by atoms with Crippen LogP contribution < -0.4 is 10.0 Å². The van der Waals surface area contributed by atoms with E-state index in [0.29, 0.717) is 11.0 Å². The molecule has 0 bridgehead atoms. The zero-order valence-corrected chi connectivity index (χ0v) is 14.0. The summed E-state index contributed by atoms with van der Waals surface area (Å²) < 4.78 is 27.7. The Morgan fingerprint density at radius 3 is 2.71 bits per heavy atom. The topological polar surface area (TPSA) is 86.9 Å². The van der Waals surface area contributed by atoms with Crippen LogP contribution in [0.15, 0.2) is 40.0 Å². The predicted octanol–water partition coefficient (Wildman–Crippen LogP) is 1.76. The van der Waals surface area contributed by atoms with Crippen molar-refractivity contribution in [3.63, 3.8) is 0 Å². The van der Waals surface area contributed by atoms with Crippen LogP contribution in [0.5, 0.6) is 0 Å². The third-order valence-corrected chi connectivity index (χ3v) is 5.26. The zero-order valence-electron chi connectivity index (χ0n) is 11.6. The van der Waals surface area contributed by atoms with Gasteiger partial charge in [0.15, 0.2) is 0 Å². The van der Waals surface area contributed by atoms with Crippen LogP contribution in [0.2, 0.25) is 0 Å². The van der Waals surface area contributed by atoms with Crippen molar-refractivity contribution >= 4 is 26.0 Å². The lowest BCUT2D eigenvalue weighted by Gasteiger charge is -2.10. The molecule has 0 atom stereocenters. The highest BCUT2D eigenvalue weighted by Gasteiger charge is 2.17. The van der Waals surface area contributed by atoms with Crippen LogP contribution in [0.1, 0.15) is 18.1 Å². The fraction of sp³-hybridized carbons (Fsp3) is 0.308. The van der Waals surface area contributed by atoms with Crippen molar-refractivity contribution in [2.24, 2.45) is 0 Å². The largest absolute Gasteiger partial charge is 0.313 e. The molecular formula is C13H17BrN4O2S. The molecule has 21 heavy (non-hydrogen) atoms. The third-order valence-electron chi connectivity index (χ3n) is 2.89. The van der Waals surface area contributed by atoms with Crippen LogP contribution >= 0.6 is 15.9 Å². The summed E-state index contributed by atoms with van der Waals surface area (Å²) in [4.78, 5) is 0.228. The van der Waals surface area contributed by atoms with Crippen molar-refractivity contribution in [2.75, 3.05) is 6.54 Å². The first-order valence-corrected chi connectivity index (χ1v) is 8.77. The highest BCUT2D eigenvalue weighted by atomic mass is 79.9. The van der Waals surface area contributed by atoms with E-state index in [1.54, 1.807) is 24.5 Å². The Balaban J connectivity index is 2.12. The summed E-state index contributed by atoms with van der Waals surface area (Å²) in [7, 11) is -3.56. The molecule has 0 radical (unpaired) electrons. The number of hydrogen-bond acceptors (Lipinski definition) is 4. The second-order valence-corrected chi connectivity index (χ2v) is 7.07. The molecule has 114 valence electrons. The number of nitrogens with one attached hydrogen (secondary N) is 3. The first kappa shape index (κ1) is 16.2. The number of nitrogens with zero attached hydrogens (tertiary/aromatic N) is 1. The second kappa shape index (κ2) is 7.17. The standard InChI is InChI=1S/C13H17BrN4O2S/c1-2-15-6-10-3-4-13(12(14)5-10)21(19,20)18-9-11-7-16-17-8-11/h3-5,7-8,15,18H,2,6,9H2,1H3,(H,16,17). The molecule has 1 heterocycles. The number of sulfonamides is 1. The molecule has 0 spiro atoms. The summed E-state index contributed by atoms with van der Waals surface area (Å²) in [6.07, 6.45) is 3.23. The van der Waals surface area contributed by atoms with Crippen molar-refractivity contribution in [2.45, 2.75) is 24.9 Å². The monoisotopic (exact) mass is 372 g/mol. The van der Waals surface area contributed by atoms with Gasteiger partial charge in [-0.3, -0.25) is 5.10 Å². The number of H-pyrrole nitrogens is 1. The van der Waals surface area contributed by atoms with Crippen molar-refractivity contribution in [1.82, 2.24) is 20.2 Å². The van der Waals surface area contributed by atoms with E-state index in [-0.39, 0.29) is 11.4 Å². The van der Waals surface area contributed by atoms with E-state index in [1.807, 2.05) is 13.0 Å². The quantitative estimate of drug-likeness (QED) is 0.690. The normalized spacial score (nSPS) is 11.7. The lowest BCUT2D eigenvalue weighted by molar-refractivity contribution is 0.580. The molecule has 0 amide bonds. The Bertz CT molecular complexity index is 686. The predicted molar refractivity (Wildman–Crippen MR) is 84.1 cm³/mol. The van der Waals surface area contributed by atoms with Gasteiger partial charge in [-0.2, -0.15) is 5.10 Å². The van der Waals surface area contributed by atoms with Crippen LogP contribution in [-0.2, 0) is 23.1 Å². The van der Waals surface area contributed by atoms with Crippen molar-refractivity contribution in [3.05, 3.63) is 46.2 Å². The fourth-order valence-corrected chi connectivity index (χ4v) is 3.91. The summed E-state index contributed by atoms with van der Waals surface area (Å²) in [6, 6.07) is 5.23. The Morgan fingerprint density at radius 2 is 2.10 bits per heavy atom. The third kappa shape index (κ3) is 4.37. The molecule has 2 aromatic rings. The minimum Gasteiger partial charge on any atom is -0.313 e. The molecule has 0 aliphatic rings. The lowest BCUT2D eigenvalue weighted by atomic mass is 10.2. The number of halogens is 1. The Hall–Kier alpha value is -1.22. The summed E-state index contributed by atoms with van der Waals surface area (Å²) >= 11 is 3.33. The summed E-state index contributed by atoms with van der Waals surface area (Å²) in [5.74, 6) is 0. The first-order valence-electron chi connectivity index (χ1n) is 6.49. The Labute approximate surface area is 132 Å². The number of hydrogen-bond donors (Lipinski definition) is 3. The van der Waals surface area contributed by atoms with Gasteiger partial charge in [0.2, 0.25) is 10.0 Å². The molecule has 0 aliphatic carbocycles. The number of benzene rings is 1. The van der Waals surface area contributed by atoms with Crippen LogP contribution in [0, 0.1) is 0 Å². The summed E-state index contributed by atoms with van der Waals surface area (Å²) in [6.45, 7) is 3.79. The number of rotatable bonds is 7. The maximum absolute atomic E-state index is 12.3. The van der Waals surface area contributed by atoms with E-state index in [9.17, 15) is 8.42 Å². The van der Waals surface area contributed by atoms with Crippen LogP contribution in [0.25, 0.3) is 0 Å². The molecule has 0 unspecified atom stereocenters. The van der Waals surface area contributed by atoms with Gasteiger partial charge in [0.1, 0.15) is 0 Å². The molecule has 1 aromatic heterocycles. The molecule has 2 rings (SSSR count). The van der Waals surface area contributed by atoms with Crippen molar-refractivity contribution in [3.8, 4) is 0 Å². The van der Waals surface area contributed by atoms with E-state index in [4.69, 9.17) is 0 Å². The maximum atomic E-state index is 12.3. The number of aromatic amines is 1. The van der Waals surface area contributed by atoms with Crippen LogP contribution in [-0.4, -0.2) is 25.2 Å². The lowest BCUT2D eigenvalue weighted by Crippen LogP contribution is -2.23. The van der Waals surface area contributed by atoms with E-state index >= 15 is 0 Å². The van der Waals surface area contributed by atoms with Gasteiger partial charge < -0.3 is 5.32 Å². The average molecular weight is 373 g/mol. The van der Waals surface area contributed by atoms with E-state index in [1.165, 1.54) is 0 Å². The number of aromatic nitrogens is 2. The SMILES string of the molecule is CCNCc1ccc(S(=O)(=O)NCc2cn[nH]c2)c(Br)c1. The molecule has 8 heteroatoms. The van der Waals surface area contributed by atoms with Crippen LogP contribution in [0.3, 0.4) is 0 Å². The molecule has 0 aliphatic heterocycles. The molecule has 0 fully saturated rings. The zero-order chi connectivity index (χ0) is 15.3. The smallest absolute Gasteiger partial charge is 0.241 e. The minimum atomic E-state index is -3.56. The molecule has 1 aromatic carbocycles. The summed E-state index contributed by atoms with van der Waals surface area (Å²) in [5, 5.41) is 9.62. The highest BCUT2D eigenvalue weighted by Crippen LogP contribution is 2.23. The average Bonchev–Trinajstić information content (AvgIpc) is 2.96. The van der Waals surface area contributed by atoms with Gasteiger partial charge in [0, 0.05) is 29.3 Å². The van der Waals surface area contributed by atoms with Gasteiger partial charge in [-0.25, -0.2) is 13.1 Å². The van der Waals surface area contributed by atoms with Gasteiger partial charge in [0.25, 0.3) is 0 Å². The molecule has 6 nitrogen and oxygen atoms in total. The second-order valence-electron chi connectivity index (χ2n) is 4.48. The maximum Gasteiger partial charge on any atom is 0.241 e. The van der Waals surface area contributed by atoms with E-state index in [2.05, 4.69) is 36.2 Å². The highest BCUT2D eigenvalue weighted by molar-refractivity contribution is 9.10. The Kier molecular flexibility index (Phi) is 5.51.